The van der Waals surface area contributed by atoms with E-state index in [1.165, 1.54) is 10.3 Å². The van der Waals surface area contributed by atoms with Gasteiger partial charge >= 0.3 is 0 Å². The number of hydrogen-bond donors (Lipinski definition) is 0. The molecule has 2 aromatic carbocycles. The third-order valence-corrected chi connectivity index (χ3v) is 6.26. The molecule has 0 saturated heterocycles. The summed E-state index contributed by atoms with van der Waals surface area (Å²) < 4.78 is 36.0. The van der Waals surface area contributed by atoms with Gasteiger partial charge in [-0.3, -0.25) is 4.79 Å². The molecule has 1 heterocycles. The summed E-state index contributed by atoms with van der Waals surface area (Å²) in [6, 6.07) is 11.6. The zero-order valence-corrected chi connectivity index (χ0v) is 18.6. The summed E-state index contributed by atoms with van der Waals surface area (Å²) in [4.78, 5) is 14.9. The number of carbonyl (C=O) groups is 1. The van der Waals surface area contributed by atoms with Crippen LogP contribution in [-0.4, -0.2) is 39.3 Å². The van der Waals surface area contributed by atoms with Crippen molar-refractivity contribution in [3.8, 4) is 11.5 Å². The molecule has 0 aromatic heterocycles. The van der Waals surface area contributed by atoms with E-state index in [1.807, 2.05) is 26.0 Å². The average molecular weight is 480 g/mol. The molecule has 0 N–H and O–H groups in total. The molecule has 1 aliphatic rings. The maximum atomic E-state index is 13.4. The van der Waals surface area contributed by atoms with Crippen LogP contribution in [0.4, 0.5) is 5.69 Å². The maximum Gasteiger partial charge on any atom is 0.258 e. The first kappa shape index (κ1) is 21.4. The van der Waals surface area contributed by atoms with Gasteiger partial charge in [0.2, 0.25) is 0 Å². The SMILES string of the molecule is CCOc1ccc(C(=O)N(c2ccc(Br)cc2)C2C=CS(=O)(=O)C2)cc1OCC. The molecule has 3 rings (SSSR count). The minimum atomic E-state index is -3.33. The summed E-state index contributed by atoms with van der Waals surface area (Å²) in [5.74, 6) is 0.572. The van der Waals surface area contributed by atoms with Gasteiger partial charge in [0.25, 0.3) is 5.91 Å². The fraction of sp³-hybridized carbons (Fsp3) is 0.286. The number of benzene rings is 2. The lowest BCUT2D eigenvalue weighted by molar-refractivity contribution is 0.0982. The van der Waals surface area contributed by atoms with Crippen LogP contribution < -0.4 is 14.4 Å². The van der Waals surface area contributed by atoms with Gasteiger partial charge < -0.3 is 14.4 Å². The van der Waals surface area contributed by atoms with Crippen molar-refractivity contribution in [1.29, 1.82) is 0 Å². The number of hydrogen-bond acceptors (Lipinski definition) is 5. The van der Waals surface area contributed by atoms with Gasteiger partial charge in [-0.1, -0.05) is 15.9 Å². The fourth-order valence-corrected chi connectivity index (χ4v) is 4.64. The van der Waals surface area contributed by atoms with Gasteiger partial charge in [0, 0.05) is 21.1 Å². The van der Waals surface area contributed by atoms with Crippen LogP contribution >= 0.6 is 15.9 Å². The van der Waals surface area contributed by atoms with Gasteiger partial charge in [0.1, 0.15) is 0 Å². The third-order valence-electron chi connectivity index (χ3n) is 4.36. The summed E-state index contributed by atoms with van der Waals surface area (Å²) >= 11 is 3.38. The number of nitrogens with zero attached hydrogens (tertiary/aromatic N) is 1. The normalized spacial score (nSPS) is 17.1. The van der Waals surface area contributed by atoms with Gasteiger partial charge in [-0.25, -0.2) is 8.42 Å². The van der Waals surface area contributed by atoms with E-state index < -0.39 is 15.9 Å². The molecule has 0 fully saturated rings. The van der Waals surface area contributed by atoms with Gasteiger partial charge in [0.15, 0.2) is 21.3 Å². The topological polar surface area (TPSA) is 72.9 Å². The quantitative estimate of drug-likeness (QED) is 0.594. The number of amides is 1. The Morgan fingerprint density at radius 3 is 2.31 bits per heavy atom. The van der Waals surface area contributed by atoms with Crippen molar-refractivity contribution >= 4 is 37.4 Å². The Hall–Kier alpha value is -2.32. The summed E-state index contributed by atoms with van der Waals surface area (Å²) in [6.07, 6.45) is 1.55. The minimum Gasteiger partial charge on any atom is -0.490 e. The van der Waals surface area contributed by atoms with Crippen molar-refractivity contribution in [1.82, 2.24) is 0 Å². The highest BCUT2D eigenvalue weighted by Gasteiger charge is 2.32. The molecule has 1 unspecified atom stereocenters. The van der Waals surface area contributed by atoms with E-state index in [9.17, 15) is 13.2 Å². The second kappa shape index (κ2) is 9.00. The fourth-order valence-electron chi connectivity index (χ4n) is 3.10. The van der Waals surface area contributed by atoms with Crippen LogP contribution in [0.1, 0.15) is 24.2 Å². The number of ether oxygens (including phenoxy) is 2. The van der Waals surface area contributed by atoms with E-state index in [4.69, 9.17) is 9.47 Å². The Bertz CT molecular complexity index is 1020. The first-order valence-corrected chi connectivity index (χ1v) is 11.7. The van der Waals surface area contributed by atoms with Gasteiger partial charge in [-0.2, -0.15) is 0 Å². The molecule has 0 spiro atoms. The molecular formula is C21H22BrNO5S. The molecular weight excluding hydrogens is 458 g/mol. The van der Waals surface area contributed by atoms with Crippen molar-refractivity contribution in [3.05, 3.63) is 64.0 Å². The van der Waals surface area contributed by atoms with E-state index >= 15 is 0 Å². The van der Waals surface area contributed by atoms with Crippen LogP contribution in [-0.2, 0) is 9.84 Å². The molecule has 0 bridgehead atoms. The molecule has 2 aromatic rings. The maximum absolute atomic E-state index is 13.4. The lowest BCUT2D eigenvalue weighted by atomic mass is 10.1. The predicted molar refractivity (Wildman–Crippen MR) is 116 cm³/mol. The van der Waals surface area contributed by atoms with Crippen LogP contribution in [0, 0.1) is 0 Å². The highest BCUT2D eigenvalue weighted by atomic mass is 79.9. The van der Waals surface area contributed by atoms with E-state index in [1.54, 1.807) is 36.4 Å². The number of sulfone groups is 1. The molecule has 0 saturated carbocycles. The highest BCUT2D eigenvalue weighted by molar-refractivity contribution is 9.10. The van der Waals surface area contributed by atoms with E-state index in [-0.39, 0.29) is 11.7 Å². The second-order valence-electron chi connectivity index (χ2n) is 6.40. The lowest BCUT2D eigenvalue weighted by Gasteiger charge is -2.28. The first-order chi connectivity index (χ1) is 13.8. The summed E-state index contributed by atoms with van der Waals surface area (Å²) in [6.45, 7) is 4.63. The van der Waals surface area contributed by atoms with Gasteiger partial charge in [-0.05, 0) is 62.4 Å². The van der Waals surface area contributed by atoms with Crippen LogP contribution in [0.5, 0.6) is 11.5 Å². The van der Waals surface area contributed by atoms with Crippen LogP contribution in [0.2, 0.25) is 0 Å². The largest absolute Gasteiger partial charge is 0.490 e. The predicted octanol–water partition coefficient (Wildman–Crippen LogP) is 4.20. The van der Waals surface area contributed by atoms with Gasteiger partial charge in [-0.15, -0.1) is 0 Å². The number of halogens is 1. The minimum absolute atomic E-state index is 0.149. The van der Waals surface area contributed by atoms with Crippen molar-refractivity contribution in [2.45, 2.75) is 19.9 Å². The molecule has 1 aliphatic heterocycles. The van der Waals surface area contributed by atoms with Crippen LogP contribution in [0.25, 0.3) is 0 Å². The molecule has 1 atom stereocenters. The average Bonchev–Trinajstić information content (AvgIpc) is 3.04. The number of rotatable bonds is 7. The Labute approximate surface area is 179 Å². The Morgan fingerprint density at radius 2 is 1.72 bits per heavy atom. The summed E-state index contributed by atoms with van der Waals surface area (Å²) in [7, 11) is -3.33. The van der Waals surface area contributed by atoms with Gasteiger partial charge in [0.05, 0.1) is 25.0 Å². The van der Waals surface area contributed by atoms with Crippen molar-refractivity contribution < 1.29 is 22.7 Å². The van der Waals surface area contributed by atoms with E-state index in [2.05, 4.69) is 15.9 Å². The zero-order chi connectivity index (χ0) is 21.0. The Morgan fingerprint density at radius 1 is 1.07 bits per heavy atom. The summed E-state index contributed by atoms with van der Waals surface area (Å²) in [5, 5.41) is 1.17. The smallest absolute Gasteiger partial charge is 0.258 e. The molecule has 29 heavy (non-hydrogen) atoms. The van der Waals surface area contributed by atoms with Crippen LogP contribution in [0.3, 0.4) is 0 Å². The number of anilines is 1. The zero-order valence-electron chi connectivity index (χ0n) is 16.2. The first-order valence-electron chi connectivity index (χ1n) is 9.24. The second-order valence-corrected chi connectivity index (χ2v) is 9.25. The third kappa shape index (κ3) is 5.00. The lowest BCUT2D eigenvalue weighted by Crippen LogP contribution is -2.41. The van der Waals surface area contributed by atoms with E-state index in [0.29, 0.717) is 36.0 Å². The monoisotopic (exact) mass is 479 g/mol. The molecule has 0 aliphatic carbocycles. The standard InChI is InChI=1S/C21H22BrNO5S/c1-3-27-19-10-5-15(13-20(19)28-4-2)21(24)23(17-8-6-16(22)7-9-17)18-11-12-29(25,26)14-18/h5-13,18H,3-4,14H2,1-2H3. The molecule has 6 nitrogen and oxygen atoms in total. The molecule has 154 valence electrons. The van der Waals surface area contributed by atoms with Crippen LogP contribution in [0.15, 0.2) is 58.4 Å². The highest BCUT2D eigenvalue weighted by Crippen LogP contribution is 2.31. The molecule has 0 radical (unpaired) electrons. The number of carbonyl (C=O) groups excluding carboxylic acids is 1. The molecule has 1 amide bonds. The van der Waals surface area contributed by atoms with Crippen molar-refractivity contribution in [2.75, 3.05) is 23.9 Å². The van der Waals surface area contributed by atoms with E-state index in [0.717, 1.165) is 4.47 Å². The Kier molecular flexibility index (Phi) is 6.64. The van der Waals surface area contributed by atoms with Crippen molar-refractivity contribution in [3.63, 3.8) is 0 Å². The summed E-state index contributed by atoms with van der Waals surface area (Å²) in [5.41, 5.74) is 0.995. The van der Waals surface area contributed by atoms with Crippen molar-refractivity contribution in [2.24, 2.45) is 0 Å². The Balaban J connectivity index is 2.01. The molecule has 8 heteroatoms.